The standard InChI is InChI=1S/C16H26N2O/c1-5-18(6-2)12-11-16(19)17-15-10-8-7-9-14(15)13(3)4/h7-10,13H,5-6,11-12H2,1-4H3,(H,17,19). The lowest BCUT2D eigenvalue weighted by Crippen LogP contribution is -2.27. The van der Waals surface area contributed by atoms with Gasteiger partial charge < -0.3 is 10.2 Å². The molecule has 1 aromatic carbocycles. The molecular formula is C16H26N2O. The molecule has 0 heterocycles. The van der Waals surface area contributed by atoms with Gasteiger partial charge in [0.15, 0.2) is 0 Å². The molecular weight excluding hydrogens is 236 g/mol. The molecule has 1 amide bonds. The van der Waals surface area contributed by atoms with Crippen molar-refractivity contribution in [2.45, 2.75) is 40.0 Å². The predicted molar refractivity (Wildman–Crippen MR) is 81.6 cm³/mol. The Morgan fingerprint density at radius 2 is 1.84 bits per heavy atom. The summed E-state index contributed by atoms with van der Waals surface area (Å²) < 4.78 is 0. The van der Waals surface area contributed by atoms with E-state index in [-0.39, 0.29) is 5.91 Å². The van der Waals surface area contributed by atoms with Crippen molar-refractivity contribution >= 4 is 11.6 Å². The molecule has 0 saturated carbocycles. The summed E-state index contributed by atoms with van der Waals surface area (Å²) >= 11 is 0. The maximum atomic E-state index is 12.0. The Morgan fingerprint density at radius 1 is 1.21 bits per heavy atom. The third kappa shape index (κ3) is 5.03. The first-order valence-corrected chi connectivity index (χ1v) is 7.19. The molecule has 0 radical (unpaired) electrons. The van der Waals surface area contributed by atoms with Gasteiger partial charge >= 0.3 is 0 Å². The average molecular weight is 262 g/mol. The zero-order chi connectivity index (χ0) is 14.3. The molecule has 1 rings (SSSR count). The number of rotatable bonds is 7. The van der Waals surface area contributed by atoms with Gasteiger partial charge in [0.2, 0.25) is 5.91 Å². The second-order valence-corrected chi connectivity index (χ2v) is 5.07. The van der Waals surface area contributed by atoms with Crippen LogP contribution in [0.5, 0.6) is 0 Å². The lowest BCUT2D eigenvalue weighted by Gasteiger charge is -2.18. The fourth-order valence-electron chi connectivity index (χ4n) is 2.13. The summed E-state index contributed by atoms with van der Waals surface area (Å²) in [5, 5.41) is 3.03. The van der Waals surface area contributed by atoms with Gasteiger partial charge in [-0.25, -0.2) is 0 Å². The number of para-hydroxylation sites is 1. The molecule has 0 unspecified atom stereocenters. The number of hydrogen-bond donors (Lipinski definition) is 1. The minimum atomic E-state index is 0.0972. The van der Waals surface area contributed by atoms with E-state index >= 15 is 0 Å². The number of nitrogens with zero attached hydrogens (tertiary/aromatic N) is 1. The van der Waals surface area contributed by atoms with E-state index in [0.29, 0.717) is 12.3 Å². The van der Waals surface area contributed by atoms with Crippen LogP contribution in [0, 0.1) is 0 Å². The number of anilines is 1. The van der Waals surface area contributed by atoms with Gasteiger partial charge in [-0.15, -0.1) is 0 Å². The zero-order valence-corrected chi connectivity index (χ0v) is 12.6. The number of carbonyl (C=O) groups is 1. The second kappa shape index (κ2) is 7.95. The number of nitrogens with one attached hydrogen (secondary N) is 1. The van der Waals surface area contributed by atoms with Crippen LogP contribution in [0.25, 0.3) is 0 Å². The summed E-state index contributed by atoms with van der Waals surface area (Å²) in [6, 6.07) is 8.03. The summed E-state index contributed by atoms with van der Waals surface area (Å²) in [6.07, 6.45) is 0.550. The van der Waals surface area contributed by atoms with E-state index in [9.17, 15) is 4.79 Å². The quantitative estimate of drug-likeness (QED) is 0.816. The van der Waals surface area contributed by atoms with E-state index in [4.69, 9.17) is 0 Å². The highest BCUT2D eigenvalue weighted by molar-refractivity contribution is 5.91. The topological polar surface area (TPSA) is 32.3 Å². The van der Waals surface area contributed by atoms with E-state index in [2.05, 4.69) is 44.0 Å². The van der Waals surface area contributed by atoms with Gasteiger partial charge in [-0.1, -0.05) is 45.9 Å². The van der Waals surface area contributed by atoms with Gasteiger partial charge in [0, 0.05) is 18.7 Å². The monoisotopic (exact) mass is 262 g/mol. The number of hydrogen-bond acceptors (Lipinski definition) is 2. The molecule has 1 aromatic rings. The Kier molecular flexibility index (Phi) is 6.57. The highest BCUT2D eigenvalue weighted by atomic mass is 16.1. The SMILES string of the molecule is CCN(CC)CCC(=O)Nc1ccccc1C(C)C. The zero-order valence-electron chi connectivity index (χ0n) is 12.6. The van der Waals surface area contributed by atoms with Crippen LogP contribution >= 0.6 is 0 Å². The van der Waals surface area contributed by atoms with E-state index in [1.165, 1.54) is 5.56 Å². The minimum absolute atomic E-state index is 0.0972. The molecule has 0 spiro atoms. The van der Waals surface area contributed by atoms with Crippen molar-refractivity contribution in [3.63, 3.8) is 0 Å². The summed E-state index contributed by atoms with van der Waals surface area (Å²) in [7, 11) is 0. The van der Waals surface area contributed by atoms with Crippen molar-refractivity contribution in [3.8, 4) is 0 Å². The molecule has 106 valence electrons. The molecule has 0 aromatic heterocycles. The third-order valence-corrected chi connectivity index (χ3v) is 3.41. The Labute approximate surface area is 117 Å². The van der Waals surface area contributed by atoms with Gasteiger partial charge in [0.25, 0.3) is 0 Å². The van der Waals surface area contributed by atoms with E-state index in [1.54, 1.807) is 0 Å². The lowest BCUT2D eigenvalue weighted by molar-refractivity contribution is -0.116. The van der Waals surface area contributed by atoms with Crippen molar-refractivity contribution in [2.24, 2.45) is 0 Å². The molecule has 3 nitrogen and oxygen atoms in total. The molecule has 0 fully saturated rings. The summed E-state index contributed by atoms with van der Waals surface area (Å²) in [4.78, 5) is 14.2. The van der Waals surface area contributed by atoms with Gasteiger partial charge in [0.1, 0.15) is 0 Å². The molecule has 0 aliphatic carbocycles. The molecule has 0 aliphatic heterocycles. The predicted octanol–water partition coefficient (Wildman–Crippen LogP) is 3.48. The summed E-state index contributed by atoms with van der Waals surface area (Å²) in [5.41, 5.74) is 2.14. The van der Waals surface area contributed by atoms with Crippen LogP contribution in [0.2, 0.25) is 0 Å². The maximum Gasteiger partial charge on any atom is 0.225 e. The van der Waals surface area contributed by atoms with Crippen LogP contribution in [-0.4, -0.2) is 30.4 Å². The highest BCUT2D eigenvalue weighted by Crippen LogP contribution is 2.23. The van der Waals surface area contributed by atoms with Crippen molar-refractivity contribution in [3.05, 3.63) is 29.8 Å². The van der Waals surface area contributed by atoms with Crippen LogP contribution < -0.4 is 5.32 Å². The maximum absolute atomic E-state index is 12.0. The normalized spacial score (nSPS) is 11.1. The Morgan fingerprint density at radius 3 is 2.42 bits per heavy atom. The first-order valence-electron chi connectivity index (χ1n) is 7.19. The largest absolute Gasteiger partial charge is 0.326 e. The van der Waals surface area contributed by atoms with Crippen molar-refractivity contribution in [1.29, 1.82) is 0 Å². The van der Waals surface area contributed by atoms with Gasteiger partial charge in [-0.2, -0.15) is 0 Å². The molecule has 3 heteroatoms. The van der Waals surface area contributed by atoms with Gasteiger partial charge in [0.05, 0.1) is 0 Å². The average Bonchev–Trinajstić information content (AvgIpc) is 2.40. The van der Waals surface area contributed by atoms with E-state index in [1.807, 2.05) is 18.2 Å². The molecule has 1 N–H and O–H groups in total. The molecule has 0 saturated heterocycles. The van der Waals surface area contributed by atoms with Gasteiger partial charge in [-0.05, 0) is 30.6 Å². The Hall–Kier alpha value is -1.35. The van der Waals surface area contributed by atoms with E-state index < -0.39 is 0 Å². The number of amides is 1. The molecule has 19 heavy (non-hydrogen) atoms. The molecule has 0 bridgehead atoms. The van der Waals surface area contributed by atoms with Crippen LogP contribution in [0.4, 0.5) is 5.69 Å². The minimum Gasteiger partial charge on any atom is -0.326 e. The van der Waals surface area contributed by atoms with Crippen LogP contribution in [0.1, 0.15) is 45.6 Å². The molecule has 0 atom stereocenters. The van der Waals surface area contributed by atoms with Crippen LogP contribution in [0.3, 0.4) is 0 Å². The second-order valence-electron chi connectivity index (χ2n) is 5.07. The van der Waals surface area contributed by atoms with Gasteiger partial charge in [-0.3, -0.25) is 4.79 Å². The third-order valence-electron chi connectivity index (χ3n) is 3.41. The van der Waals surface area contributed by atoms with E-state index in [0.717, 1.165) is 25.3 Å². The first kappa shape index (κ1) is 15.7. The number of benzene rings is 1. The van der Waals surface area contributed by atoms with Crippen molar-refractivity contribution in [1.82, 2.24) is 4.90 Å². The lowest BCUT2D eigenvalue weighted by atomic mass is 10.0. The van der Waals surface area contributed by atoms with Crippen LogP contribution in [0.15, 0.2) is 24.3 Å². The smallest absolute Gasteiger partial charge is 0.225 e. The summed E-state index contributed by atoms with van der Waals surface area (Å²) in [6.45, 7) is 11.3. The molecule has 0 aliphatic rings. The fourth-order valence-corrected chi connectivity index (χ4v) is 2.13. The Balaban J connectivity index is 2.57. The highest BCUT2D eigenvalue weighted by Gasteiger charge is 2.10. The van der Waals surface area contributed by atoms with Crippen molar-refractivity contribution in [2.75, 3.05) is 25.0 Å². The first-order chi connectivity index (χ1) is 9.08. The Bertz CT molecular complexity index is 397. The number of carbonyl (C=O) groups excluding carboxylic acids is 1. The van der Waals surface area contributed by atoms with Crippen molar-refractivity contribution < 1.29 is 4.79 Å². The van der Waals surface area contributed by atoms with Crippen LogP contribution in [-0.2, 0) is 4.79 Å². The summed E-state index contributed by atoms with van der Waals surface area (Å²) in [5.74, 6) is 0.513. The fraction of sp³-hybridized carbons (Fsp3) is 0.562.